The molecule has 0 spiro atoms. The maximum atomic E-state index is 12.9. The normalized spacial score (nSPS) is 14.8. The Kier molecular flexibility index (Phi) is 6.40. The highest BCUT2D eigenvalue weighted by atomic mass is 16.5. The van der Waals surface area contributed by atoms with Crippen molar-refractivity contribution in [3.8, 4) is 11.5 Å². The predicted molar refractivity (Wildman–Crippen MR) is 116 cm³/mol. The van der Waals surface area contributed by atoms with E-state index in [1.54, 1.807) is 20.3 Å². The molecule has 1 unspecified atom stereocenters. The van der Waals surface area contributed by atoms with Crippen molar-refractivity contribution in [2.45, 2.75) is 39.7 Å². The van der Waals surface area contributed by atoms with E-state index in [-0.39, 0.29) is 24.3 Å². The molecule has 1 atom stereocenters. The minimum Gasteiger partial charge on any atom is -0.493 e. The summed E-state index contributed by atoms with van der Waals surface area (Å²) in [6, 6.07) is 11.1. The van der Waals surface area contributed by atoms with Gasteiger partial charge in [0.25, 0.3) is 5.91 Å². The van der Waals surface area contributed by atoms with Gasteiger partial charge in [0.1, 0.15) is 5.71 Å². The van der Waals surface area contributed by atoms with E-state index in [0.29, 0.717) is 29.3 Å². The Morgan fingerprint density at radius 1 is 1.07 bits per heavy atom. The molecule has 1 N–H and O–H groups in total. The minimum absolute atomic E-state index is 0.117. The second-order valence-corrected chi connectivity index (χ2v) is 7.35. The van der Waals surface area contributed by atoms with Gasteiger partial charge in [-0.25, -0.2) is 5.01 Å². The van der Waals surface area contributed by atoms with Gasteiger partial charge in [-0.3, -0.25) is 9.59 Å². The van der Waals surface area contributed by atoms with Crippen molar-refractivity contribution >= 4 is 23.2 Å². The van der Waals surface area contributed by atoms with Crippen LogP contribution < -0.4 is 19.8 Å². The number of aryl methyl sites for hydroxylation is 2. The second kappa shape index (κ2) is 8.98. The van der Waals surface area contributed by atoms with Crippen molar-refractivity contribution in [1.82, 2.24) is 5.32 Å². The molecule has 3 rings (SSSR count). The van der Waals surface area contributed by atoms with E-state index >= 15 is 0 Å². The molecule has 0 bridgehead atoms. The second-order valence-electron chi connectivity index (χ2n) is 7.35. The quantitative estimate of drug-likeness (QED) is 0.789. The molecule has 0 saturated carbocycles. The molecule has 0 fully saturated rings. The van der Waals surface area contributed by atoms with Crippen molar-refractivity contribution in [3.63, 3.8) is 0 Å². The van der Waals surface area contributed by atoms with Crippen LogP contribution in [0.25, 0.3) is 0 Å². The third-order valence-electron chi connectivity index (χ3n) is 5.14. The van der Waals surface area contributed by atoms with Gasteiger partial charge < -0.3 is 14.8 Å². The number of nitrogens with one attached hydrogen (secondary N) is 1. The molecule has 2 aromatic rings. The van der Waals surface area contributed by atoms with Crippen LogP contribution in [0.3, 0.4) is 0 Å². The van der Waals surface area contributed by atoms with Crippen molar-refractivity contribution in [2.75, 3.05) is 19.2 Å². The van der Waals surface area contributed by atoms with Crippen LogP contribution >= 0.6 is 0 Å². The summed E-state index contributed by atoms with van der Waals surface area (Å²) in [5.41, 5.74) is 3.87. The number of carbonyl (C=O) groups is 2. The summed E-state index contributed by atoms with van der Waals surface area (Å²) < 4.78 is 10.6. The number of hydrazone groups is 1. The van der Waals surface area contributed by atoms with Crippen LogP contribution in [0.15, 0.2) is 41.5 Å². The Balaban J connectivity index is 1.80. The lowest BCUT2D eigenvalue weighted by atomic mass is 10.1. The fourth-order valence-corrected chi connectivity index (χ4v) is 3.34. The molecule has 1 aliphatic heterocycles. The highest BCUT2D eigenvalue weighted by Gasteiger charge is 2.27. The van der Waals surface area contributed by atoms with Gasteiger partial charge in [0.15, 0.2) is 11.5 Å². The number of carbonyl (C=O) groups excluding carboxylic acids is 2. The first-order valence-corrected chi connectivity index (χ1v) is 9.84. The molecule has 7 nitrogen and oxygen atoms in total. The average Bonchev–Trinajstić information content (AvgIpc) is 2.75. The Labute approximate surface area is 176 Å². The molecule has 2 aromatic carbocycles. The monoisotopic (exact) mass is 409 g/mol. The van der Waals surface area contributed by atoms with E-state index in [2.05, 4.69) is 10.4 Å². The first-order chi connectivity index (χ1) is 14.3. The van der Waals surface area contributed by atoms with E-state index in [0.717, 1.165) is 16.7 Å². The van der Waals surface area contributed by atoms with Gasteiger partial charge in [-0.15, -0.1) is 0 Å². The zero-order valence-corrected chi connectivity index (χ0v) is 18.0. The van der Waals surface area contributed by atoms with Gasteiger partial charge in [0, 0.05) is 12.8 Å². The lowest BCUT2D eigenvalue weighted by Gasteiger charge is -2.25. The summed E-state index contributed by atoms with van der Waals surface area (Å²) >= 11 is 0. The third-order valence-corrected chi connectivity index (χ3v) is 5.14. The number of ether oxygens (including phenoxy) is 2. The average molecular weight is 409 g/mol. The van der Waals surface area contributed by atoms with Crippen LogP contribution in [0, 0.1) is 13.8 Å². The topological polar surface area (TPSA) is 80.2 Å². The van der Waals surface area contributed by atoms with Gasteiger partial charge in [-0.05, 0) is 55.7 Å². The van der Waals surface area contributed by atoms with Crippen LogP contribution in [0.2, 0.25) is 0 Å². The van der Waals surface area contributed by atoms with E-state index in [1.165, 1.54) is 5.01 Å². The van der Waals surface area contributed by atoms with Gasteiger partial charge in [0.05, 0.1) is 25.9 Å². The molecule has 158 valence electrons. The third kappa shape index (κ3) is 4.45. The van der Waals surface area contributed by atoms with E-state index in [4.69, 9.17) is 9.47 Å². The molecule has 0 radical (unpaired) electrons. The number of benzene rings is 2. The molecule has 2 amide bonds. The molecule has 7 heteroatoms. The summed E-state index contributed by atoms with van der Waals surface area (Å²) in [5.74, 6) is 0.810. The number of methoxy groups -OCH3 is 2. The number of nitrogens with zero attached hydrogens (tertiary/aromatic N) is 2. The Morgan fingerprint density at radius 3 is 2.50 bits per heavy atom. The van der Waals surface area contributed by atoms with Gasteiger partial charge in [-0.2, -0.15) is 5.10 Å². The molecule has 0 aromatic heterocycles. The van der Waals surface area contributed by atoms with Crippen LogP contribution in [0.1, 0.15) is 42.5 Å². The summed E-state index contributed by atoms with van der Waals surface area (Å²) in [6.07, 6.45) is 0.551. The zero-order chi connectivity index (χ0) is 21.8. The summed E-state index contributed by atoms with van der Waals surface area (Å²) in [6.45, 7) is 5.76. The summed E-state index contributed by atoms with van der Waals surface area (Å²) in [5, 5.41) is 8.70. The van der Waals surface area contributed by atoms with Crippen LogP contribution in [0.5, 0.6) is 11.5 Å². The number of rotatable bonds is 6. The molecule has 1 aliphatic rings. The first-order valence-electron chi connectivity index (χ1n) is 9.84. The molecular formula is C23H27N3O4. The highest BCUT2D eigenvalue weighted by Crippen LogP contribution is 2.30. The van der Waals surface area contributed by atoms with E-state index in [1.807, 2.05) is 51.1 Å². The standard InChI is InChI=1S/C23H27N3O4/c1-14-6-7-15(2)19(12-14)26-22(27)11-9-18(25-26)23(28)24-16(3)17-8-10-20(29-4)21(13-17)30-5/h6-8,10,12-13,16H,9,11H2,1-5H3,(H,24,28). The van der Waals surface area contributed by atoms with Crippen molar-refractivity contribution in [2.24, 2.45) is 5.10 Å². The zero-order valence-electron chi connectivity index (χ0n) is 18.0. The lowest BCUT2D eigenvalue weighted by molar-refractivity contribution is -0.119. The van der Waals surface area contributed by atoms with Gasteiger partial charge >= 0.3 is 0 Å². The Bertz CT molecular complexity index is 1000. The smallest absolute Gasteiger partial charge is 0.267 e. The number of anilines is 1. The molecular weight excluding hydrogens is 382 g/mol. The lowest BCUT2D eigenvalue weighted by Crippen LogP contribution is -2.40. The first kappa shape index (κ1) is 21.4. The number of amides is 2. The maximum Gasteiger partial charge on any atom is 0.267 e. The summed E-state index contributed by atoms with van der Waals surface area (Å²) in [7, 11) is 3.15. The molecule has 30 heavy (non-hydrogen) atoms. The fraction of sp³-hybridized carbons (Fsp3) is 0.348. The van der Waals surface area contributed by atoms with E-state index in [9.17, 15) is 9.59 Å². The molecule has 1 heterocycles. The van der Waals surface area contributed by atoms with E-state index < -0.39 is 0 Å². The van der Waals surface area contributed by atoms with Crippen LogP contribution in [-0.2, 0) is 9.59 Å². The maximum absolute atomic E-state index is 12.9. The minimum atomic E-state index is -0.292. The summed E-state index contributed by atoms with van der Waals surface area (Å²) in [4.78, 5) is 25.3. The van der Waals surface area contributed by atoms with Gasteiger partial charge in [0.2, 0.25) is 5.91 Å². The molecule has 0 aliphatic carbocycles. The van der Waals surface area contributed by atoms with Gasteiger partial charge in [-0.1, -0.05) is 18.2 Å². The van der Waals surface area contributed by atoms with Crippen molar-refractivity contribution in [1.29, 1.82) is 0 Å². The van der Waals surface area contributed by atoms with Crippen LogP contribution in [0.4, 0.5) is 5.69 Å². The highest BCUT2D eigenvalue weighted by molar-refractivity contribution is 6.40. The van der Waals surface area contributed by atoms with Crippen LogP contribution in [-0.4, -0.2) is 31.7 Å². The fourth-order valence-electron chi connectivity index (χ4n) is 3.34. The number of hydrogen-bond acceptors (Lipinski definition) is 5. The Hall–Kier alpha value is -3.35. The van der Waals surface area contributed by atoms with Crippen molar-refractivity contribution < 1.29 is 19.1 Å². The predicted octanol–water partition coefficient (Wildman–Crippen LogP) is 3.68. The van der Waals surface area contributed by atoms with Crippen molar-refractivity contribution in [3.05, 3.63) is 53.1 Å². The Morgan fingerprint density at radius 2 is 1.80 bits per heavy atom. The molecule has 0 saturated heterocycles. The largest absolute Gasteiger partial charge is 0.493 e. The SMILES string of the molecule is COc1ccc(C(C)NC(=O)C2=NN(c3cc(C)ccc3C)C(=O)CC2)cc1OC. The number of hydrogen-bond donors (Lipinski definition) is 1.